The number of hydrogen-bond donors (Lipinski definition) is 1. The molecule has 4 nitrogen and oxygen atoms in total. The molecule has 0 saturated heterocycles. The molecule has 0 aliphatic heterocycles. The molecule has 5 heteroatoms. The molecule has 1 aliphatic rings. The number of rotatable bonds is 4. The zero-order valence-electron chi connectivity index (χ0n) is 12.2. The third kappa shape index (κ3) is 2.68. The fourth-order valence-corrected chi connectivity index (χ4v) is 2.88. The van der Waals surface area contributed by atoms with Gasteiger partial charge in [-0.25, -0.2) is 9.97 Å². The van der Waals surface area contributed by atoms with Crippen LogP contribution in [0.15, 0.2) is 18.2 Å². The van der Waals surface area contributed by atoms with Gasteiger partial charge in [0, 0.05) is 22.8 Å². The Morgan fingerprint density at radius 3 is 2.90 bits per heavy atom. The van der Waals surface area contributed by atoms with Crippen molar-refractivity contribution in [1.82, 2.24) is 9.97 Å². The van der Waals surface area contributed by atoms with Crippen molar-refractivity contribution in [3.05, 3.63) is 34.5 Å². The van der Waals surface area contributed by atoms with Gasteiger partial charge in [0.05, 0.1) is 12.7 Å². The van der Waals surface area contributed by atoms with Gasteiger partial charge in [0.1, 0.15) is 11.6 Å². The second kappa shape index (κ2) is 5.90. The van der Waals surface area contributed by atoms with Gasteiger partial charge in [-0.2, -0.15) is 0 Å². The zero-order valence-corrected chi connectivity index (χ0v) is 13.0. The highest BCUT2D eigenvalue weighted by Gasteiger charge is 2.20. The molecule has 2 aromatic rings. The Morgan fingerprint density at radius 1 is 1.29 bits per heavy atom. The predicted octanol–water partition coefficient (Wildman–Crippen LogP) is 3.73. The summed E-state index contributed by atoms with van der Waals surface area (Å²) in [6.07, 6.45) is 3.21. The molecule has 0 fully saturated rings. The van der Waals surface area contributed by atoms with E-state index in [9.17, 15) is 0 Å². The van der Waals surface area contributed by atoms with Crippen molar-refractivity contribution in [3.8, 4) is 17.1 Å². The van der Waals surface area contributed by atoms with Crippen LogP contribution >= 0.6 is 11.6 Å². The second-order valence-corrected chi connectivity index (χ2v) is 5.49. The molecule has 110 valence electrons. The molecule has 3 rings (SSSR count). The lowest BCUT2D eigenvalue weighted by atomic mass is 10.1. The Kier molecular flexibility index (Phi) is 3.97. The molecule has 0 unspecified atom stereocenters. The third-order valence-electron chi connectivity index (χ3n) is 3.68. The van der Waals surface area contributed by atoms with Crippen LogP contribution in [0.2, 0.25) is 5.02 Å². The average molecular weight is 304 g/mol. The van der Waals surface area contributed by atoms with E-state index in [4.69, 9.17) is 26.3 Å². The quantitative estimate of drug-likeness (QED) is 0.935. The molecule has 1 heterocycles. The maximum absolute atomic E-state index is 6.02. The van der Waals surface area contributed by atoms with Gasteiger partial charge in [0.15, 0.2) is 5.82 Å². The topological polar surface area (TPSA) is 47.0 Å². The highest BCUT2D eigenvalue weighted by atomic mass is 35.5. The summed E-state index contributed by atoms with van der Waals surface area (Å²) in [6.45, 7) is 2.92. The summed E-state index contributed by atoms with van der Waals surface area (Å²) >= 11 is 6.02. The Bertz CT molecular complexity index is 673. The van der Waals surface area contributed by atoms with E-state index in [-0.39, 0.29) is 0 Å². The van der Waals surface area contributed by atoms with Crippen LogP contribution in [-0.4, -0.2) is 23.6 Å². The molecule has 1 N–H and O–H groups in total. The summed E-state index contributed by atoms with van der Waals surface area (Å²) in [5, 5.41) is 3.99. The molecule has 0 spiro atoms. The summed E-state index contributed by atoms with van der Waals surface area (Å²) in [4.78, 5) is 9.43. The largest absolute Gasteiger partial charge is 0.496 e. The number of aryl methyl sites for hydroxylation is 1. The van der Waals surface area contributed by atoms with Crippen molar-refractivity contribution >= 4 is 17.4 Å². The molecule has 1 aromatic heterocycles. The number of nitrogens with one attached hydrogen (secondary N) is 1. The van der Waals surface area contributed by atoms with Crippen molar-refractivity contribution in [2.75, 3.05) is 19.0 Å². The summed E-state index contributed by atoms with van der Waals surface area (Å²) in [7, 11) is 1.63. The van der Waals surface area contributed by atoms with Gasteiger partial charge in [-0.3, -0.25) is 0 Å². The molecule has 0 bridgehead atoms. The Balaban J connectivity index is 2.13. The maximum Gasteiger partial charge on any atom is 0.165 e. The number of fused-ring (bicyclic) bond motifs is 1. The number of nitrogens with zero attached hydrogens (tertiary/aromatic N) is 2. The average Bonchev–Trinajstić information content (AvgIpc) is 2.96. The van der Waals surface area contributed by atoms with Gasteiger partial charge in [0.2, 0.25) is 0 Å². The van der Waals surface area contributed by atoms with E-state index in [1.54, 1.807) is 13.2 Å². The first-order valence-electron chi connectivity index (χ1n) is 7.20. The summed E-state index contributed by atoms with van der Waals surface area (Å²) in [5.74, 6) is 2.34. The molecule has 1 aromatic carbocycles. The van der Waals surface area contributed by atoms with Crippen LogP contribution in [0.25, 0.3) is 11.4 Å². The molecule has 0 radical (unpaired) electrons. The van der Waals surface area contributed by atoms with Crippen LogP contribution < -0.4 is 10.1 Å². The number of aromatic nitrogens is 2. The zero-order chi connectivity index (χ0) is 14.8. The van der Waals surface area contributed by atoms with Gasteiger partial charge in [-0.1, -0.05) is 11.6 Å². The van der Waals surface area contributed by atoms with Crippen molar-refractivity contribution in [3.63, 3.8) is 0 Å². The monoisotopic (exact) mass is 303 g/mol. The van der Waals surface area contributed by atoms with Gasteiger partial charge >= 0.3 is 0 Å². The maximum atomic E-state index is 6.02. The first kappa shape index (κ1) is 14.1. The molecular formula is C16H18ClN3O. The third-order valence-corrected chi connectivity index (χ3v) is 3.92. The number of methoxy groups -OCH3 is 1. The van der Waals surface area contributed by atoms with Crippen molar-refractivity contribution in [2.45, 2.75) is 26.2 Å². The van der Waals surface area contributed by atoms with Crippen LogP contribution in [0.4, 0.5) is 5.82 Å². The molecule has 0 saturated carbocycles. The molecule has 0 atom stereocenters. The van der Waals surface area contributed by atoms with E-state index >= 15 is 0 Å². The van der Waals surface area contributed by atoms with Gasteiger partial charge in [-0.15, -0.1) is 0 Å². The summed E-state index contributed by atoms with van der Waals surface area (Å²) in [5.41, 5.74) is 3.28. The van der Waals surface area contributed by atoms with Gasteiger partial charge in [-0.05, 0) is 44.4 Å². The van der Waals surface area contributed by atoms with Crippen LogP contribution in [0.3, 0.4) is 0 Å². The van der Waals surface area contributed by atoms with E-state index in [0.717, 1.165) is 42.9 Å². The first-order chi connectivity index (χ1) is 10.2. The lowest BCUT2D eigenvalue weighted by Gasteiger charge is -2.13. The van der Waals surface area contributed by atoms with Crippen LogP contribution in [0.5, 0.6) is 5.75 Å². The fourth-order valence-electron chi connectivity index (χ4n) is 2.72. The second-order valence-electron chi connectivity index (χ2n) is 5.05. The number of halogens is 1. The van der Waals surface area contributed by atoms with Crippen molar-refractivity contribution < 1.29 is 4.74 Å². The highest BCUT2D eigenvalue weighted by molar-refractivity contribution is 6.30. The molecule has 1 aliphatic carbocycles. The van der Waals surface area contributed by atoms with E-state index < -0.39 is 0 Å². The minimum absolute atomic E-state index is 0.642. The van der Waals surface area contributed by atoms with E-state index in [1.165, 1.54) is 5.56 Å². The standard InChI is InChI=1S/C16H18ClN3O/c1-3-18-15-11-5-4-6-13(11)19-16(20-15)12-8-7-10(17)9-14(12)21-2/h7-9H,3-6H2,1-2H3,(H,18,19,20). The normalized spacial score (nSPS) is 13.1. The van der Waals surface area contributed by atoms with E-state index in [1.807, 2.05) is 12.1 Å². The lowest BCUT2D eigenvalue weighted by Crippen LogP contribution is -2.07. The van der Waals surface area contributed by atoms with E-state index in [0.29, 0.717) is 16.6 Å². The number of hydrogen-bond acceptors (Lipinski definition) is 4. The first-order valence-corrected chi connectivity index (χ1v) is 7.58. The smallest absolute Gasteiger partial charge is 0.165 e. The minimum Gasteiger partial charge on any atom is -0.496 e. The number of ether oxygens (including phenoxy) is 1. The number of anilines is 1. The minimum atomic E-state index is 0.642. The van der Waals surface area contributed by atoms with Crippen LogP contribution in [0.1, 0.15) is 24.6 Å². The highest BCUT2D eigenvalue weighted by Crippen LogP contribution is 2.34. The van der Waals surface area contributed by atoms with Gasteiger partial charge in [0.25, 0.3) is 0 Å². The molecule has 0 amide bonds. The van der Waals surface area contributed by atoms with E-state index in [2.05, 4.69) is 12.2 Å². The fraction of sp³-hybridized carbons (Fsp3) is 0.375. The summed E-state index contributed by atoms with van der Waals surface area (Å²) in [6, 6.07) is 5.54. The Morgan fingerprint density at radius 2 is 2.14 bits per heavy atom. The SMILES string of the molecule is CCNc1nc(-c2ccc(Cl)cc2OC)nc2c1CCC2. The molecular weight excluding hydrogens is 286 g/mol. The molecule has 21 heavy (non-hydrogen) atoms. The van der Waals surface area contributed by atoms with Crippen LogP contribution in [-0.2, 0) is 12.8 Å². The predicted molar refractivity (Wildman–Crippen MR) is 85.2 cm³/mol. The Labute approximate surface area is 129 Å². The lowest BCUT2D eigenvalue weighted by molar-refractivity contribution is 0.416. The number of benzene rings is 1. The Hall–Kier alpha value is -1.81. The van der Waals surface area contributed by atoms with Gasteiger partial charge < -0.3 is 10.1 Å². The van der Waals surface area contributed by atoms with Crippen molar-refractivity contribution in [2.24, 2.45) is 0 Å². The summed E-state index contributed by atoms with van der Waals surface area (Å²) < 4.78 is 5.41. The van der Waals surface area contributed by atoms with Crippen molar-refractivity contribution in [1.29, 1.82) is 0 Å². The van der Waals surface area contributed by atoms with Crippen LogP contribution in [0, 0.1) is 0 Å².